The Bertz CT molecular complexity index is 447. The number of carbonyl (C=O) groups is 1. The van der Waals surface area contributed by atoms with Crippen LogP contribution >= 0.6 is 0 Å². The number of esters is 1. The lowest BCUT2D eigenvalue weighted by Crippen LogP contribution is -2.35. The van der Waals surface area contributed by atoms with E-state index in [-0.39, 0.29) is 12.0 Å². The predicted molar refractivity (Wildman–Crippen MR) is 70.4 cm³/mol. The van der Waals surface area contributed by atoms with Crippen LogP contribution in [0.25, 0.3) is 0 Å². The first kappa shape index (κ1) is 13.7. The van der Waals surface area contributed by atoms with Gasteiger partial charge in [-0.05, 0) is 19.9 Å². The van der Waals surface area contributed by atoms with Crippen LogP contribution in [0.4, 0.5) is 0 Å². The fourth-order valence-electron chi connectivity index (χ4n) is 1.89. The summed E-state index contributed by atoms with van der Waals surface area (Å²) in [5.41, 5.74) is 0.980. The molecule has 1 unspecified atom stereocenters. The number of hydrogen-bond donors (Lipinski definition) is 1. The summed E-state index contributed by atoms with van der Waals surface area (Å²) >= 11 is 0. The fraction of sp³-hybridized carbons (Fsp3) is 0.500. The van der Waals surface area contributed by atoms with Crippen molar-refractivity contribution in [2.24, 2.45) is 0 Å². The molecule has 1 N–H and O–H groups in total. The van der Waals surface area contributed by atoms with Gasteiger partial charge in [-0.3, -0.25) is 4.79 Å². The third-order valence-electron chi connectivity index (χ3n) is 2.89. The third-order valence-corrected chi connectivity index (χ3v) is 2.89. The monoisotopic (exact) mass is 265 g/mol. The van der Waals surface area contributed by atoms with Gasteiger partial charge in [-0.25, -0.2) is 0 Å². The van der Waals surface area contributed by atoms with Gasteiger partial charge in [0.05, 0.1) is 6.61 Å². The largest absolute Gasteiger partial charge is 0.486 e. The molecule has 0 aromatic heterocycles. The van der Waals surface area contributed by atoms with Gasteiger partial charge < -0.3 is 19.5 Å². The lowest BCUT2D eigenvalue weighted by atomic mass is 10.1. The van der Waals surface area contributed by atoms with Crippen LogP contribution < -0.4 is 14.8 Å². The molecule has 0 fully saturated rings. The average molecular weight is 265 g/mol. The van der Waals surface area contributed by atoms with Crippen molar-refractivity contribution in [1.82, 2.24) is 5.32 Å². The molecule has 0 saturated heterocycles. The van der Waals surface area contributed by atoms with Crippen LogP contribution in [-0.2, 0) is 16.1 Å². The summed E-state index contributed by atoms with van der Waals surface area (Å²) in [6.45, 7) is 5.63. The Morgan fingerprint density at radius 2 is 2.21 bits per heavy atom. The zero-order valence-corrected chi connectivity index (χ0v) is 11.3. The molecule has 1 aliphatic rings. The molecule has 0 amide bonds. The van der Waals surface area contributed by atoms with Gasteiger partial charge in [0.1, 0.15) is 19.3 Å². The Morgan fingerprint density at radius 3 is 3.00 bits per heavy atom. The van der Waals surface area contributed by atoms with Gasteiger partial charge in [-0.2, -0.15) is 0 Å². The number of rotatable bonds is 5. The minimum absolute atomic E-state index is 0.246. The Morgan fingerprint density at radius 1 is 1.42 bits per heavy atom. The topological polar surface area (TPSA) is 56.8 Å². The van der Waals surface area contributed by atoms with Crippen LogP contribution in [0.3, 0.4) is 0 Å². The van der Waals surface area contributed by atoms with E-state index >= 15 is 0 Å². The molecule has 0 radical (unpaired) electrons. The molecule has 0 bridgehead atoms. The second kappa shape index (κ2) is 6.43. The summed E-state index contributed by atoms with van der Waals surface area (Å²) in [7, 11) is 0. The fourth-order valence-corrected chi connectivity index (χ4v) is 1.89. The highest BCUT2D eigenvalue weighted by Crippen LogP contribution is 2.33. The Labute approximate surface area is 112 Å². The van der Waals surface area contributed by atoms with Crippen molar-refractivity contribution >= 4 is 5.97 Å². The van der Waals surface area contributed by atoms with Crippen LogP contribution in [0.15, 0.2) is 18.2 Å². The van der Waals surface area contributed by atoms with Crippen molar-refractivity contribution < 1.29 is 19.0 Å². The maximum Gasteiger partial charge on any atom is 0.322 e. The second-order valence-corrected chi connectivity index (χ2v) is 4.30. The van der Waals surface area contributed by atoms with E-state index in [0.29, 0.717) is 26.4 Å². The lowest BCUT2D eigenvalue weighted by molar-refractivity contribution is -0.145. The van der Waals surface area contributed by atoms with E-state index in [2.05, 4.69) is 5.32 Å². The van der Waals surface area contributed by atoms with Crippen LogP contribution in [0, 0.1) is 0 Å². The molecule has 5 heteroatoms. The molecule has 0 spiro atoms. The number of carbonyl (C=O) groups excluding carboxylic acids is 1. The van der Waals surface area contributed by atoms with E-state index in [1.165, 1.54) is 0 Å². The van der Waals surface area contributed by atoms with Crippen molar-refractivity contribution in [3.8, 4) is 11.5 Å². The molecule has 1 atom stereocenters. The van der Waals surface area contributed by atoms with Gasteiger partial charge in [0.25, 0.3) is 0 Å². The highest BCUT2D eigenvalue weighted by Gasteiger charge is 2.18. The second-order valence-electron chi connectivity index (χ2n) is 4.30. The van der Waals surface area contributed by atoms with E-state index < -0.39 is 0 Å². The molecule has 1 aliphatic heterocycles. The van der Waals surface area contributed by atoms with E-state index in [1.54, 1.807) is 13.8 Å². The van der Waals surface area contributed by atoms with Crippen molar-refractivity contribution in [2.75, 3.05) is 19.8 Å². The number of ether oxygens (including phenoxy) is 3. The summed E-state index contributed by atoms with van der Waals surface area (Å²) < 4.78 is 16.1. The SMILES string of the molecule is CCOC(=O)C(C)NCc1cccc2c1OCCO2. The highest BCUT2D eigenvalue weighted by atomic mass is 16.6. The number of fused-ring (bicyclic) bond motifs is 1. The minimum atomic E-state index is -0.347. The Balaban J connectivity index is 1.98. The predicted octanol–water partition coefficient (Wildman–Crippen LogP) is 1.50. The van der Waals surface area contributed by atoms with Crippen LogP contribution in [0.1, 0.15) is 19.4 Å². The molecule has 1 heterocycles. The normalized spacial score (nSPS) is 14.8. The van der Waals surface area contributed by atoms with Gasteiger partial charge >= 0.3 is 5.97 Å². The van der Waals surface area contributed by atoms with Crippen LogP contribution in [-0.4, -0.2) is 31.8 Å². The number of para-hydroxylation sites is 1. The molecule has 0 saturated carbocycles. The maximum atomic E-state index is 11.5. The lowest BCUT2D eigenvalue weighted by Gasteiger charge is -2.21. The number of nitrogens with one attached hydrogen (secondary N) is 1. The third kappa shape index (κ3) is 3.38. The van der Waals surface area contributed by atoms with Gasteiger partial charge in [0.15, 0.2) is 11.5 Å². The Hall–Kier alpha value is -1.75. The molecule has 19 heavy (non-hydrogen) atoms. The Kier molecular flexibility index (Phi) is 4.63. The van der Waals surface area contributed by atoms with Crippen molar-refractivity contribution in [2.45, 2.75) is 26.4 Å². The standard InChI is InChI=1S/C14H19NO4/c1-3-17-14(16)10(2)15-9-11-5-4-6-12-13(11)19-8-7-18-12/h4-6,10,15H,3,7-9H2,1-2H3. The van der Waals surface area contributed by atoms with E-state index in [4.69, 9.17) is 14.2 Å². The first-order valence-electron chi connectivity index (χ1n) is 6.50. The van der Waals surface area contributed by atoms with E-state index in [1.807, 2.05) is 18.2 Å². The van der Waals surface area contributed by atoms with E-state index in [0.717, 1.165) is 17.1 Å². The first-order valence-corrected chi connectivity index (χ1v) is 6.50. The zero-order chi connectivity index (χ0) is 13.7. The van der Waals surface area contributed by atoms with Crippen LogP contribution in [0.2, 0.25) is 0 Å². The molecule has 1 aromatic rings. The average Bonchev–Trinajstić information content (AvgIpc) is 2.45. The summed E-state index contributed by atoms with van der Waals surface area (Å²) in [4.78, 5) is 11.5. The minimum Gasteiger partial charge on any atom is -0.486 e. The highest BCUT2D eigenvalue weighted by molar-refractivity contribution is 5.75. The quantitative estimate of drug-likeness (QED) is 0.818. The molecule has 2 rings (SSSR count). The molecular formula is C14H19NO4. The maximum absolute atomic E-state index is 11.5. The molecule has 0 aliphatic carbocycles. The van der Waals surface area contributed by atoms with E-state index in [9.17, 15) is 4.79 Å². The summed E-state index contributed by atoms with van der Waals surface area (Å²) in [5, 5.41) is 3.12. The van der Waals surface area contributed by atoms with Crippen molar-refractivity contribution in [3.05, 3.63) is 23.8 Å². The first-order chi connectivity index (χ1) is 9.22. The summed E-state index contributed by atoms with van der Waals surface area (Å²) in [6, 6.07) is 5.41. The van der Waals surface area contributed by atoms with Gasteiger partial charge in [-0.15, -0.1) is 0 Å². The smallest absolute Gasteiger partial charge is 0.322 e. The van der Waals surface area contributed by atoms with Crippen molar-refractivity contribution in [3.63, 3.8) is 0 Å². The molecule has 1 aromatic carbocycles. The van der Waals surface area contributed by atoms with Gasteiger partial charge in [0, 0.05) is 12.1 Å². The van der Waals surface area contributed by atoms with Crippen molar-refractivity contribution in [1.29, 1.82) is 0 Å². The van der Waals surface area contributed by atoms with Gasteiger partial charge in [0.2, 0.25) is 0 Å². The summed E-state index contributed by atoms with van der Waals surface area (Å²) in [6.07, 6.45) is 0. The van der Waals surface area contributed by atoms with Crippen LogP contribution in [0.5, 0.6) is 11.5 Å². The molecule has 104 valence electrons. The molecule has 5 nitrogen and oxygen atoms in total. The summed E-state index contributed by atoms with van der Waals surface area (Å²) in [5.74, 6) is 1.27. The number of benzene rings is 1. The van der Waals surface area contributed by atoms with Gasteiger partial charge in [-0.1, -0.05) is 12.1 Å². The molecular weight excluding hydrogens is 246 g/mol. The number of hydrogen-bond acceptors (Lipinski definition) is 5. The zero-order valence-electron chi connectivity index (χ0n) is 11.3.